The number of rotatable bonds is 2. The van der Waals surface area contributed by atoms with E-state index in [1.165, 1.54) is 19.3 Å². The van der Waals surface area contributed by atoms with Crippen molar-refractivity contribution in [2.24, 2.45) is 11.3 Å². The third-order valence-electron chi connectivity index (χ3n) is 3.71. The smallest absolute Gasteiger partial charge is 0.128 e. The molecule has 2 heterocycles. The molecule has 0 aliphatic carbocycles. The van der Waals surface area contributed by atoms with Crippen LogP contribution >= 0.6 is 0 Å². The summed E-state index contributed by atoms with van der Waals surface area (Å²) in [5.74, 6) is 2.05. The van der Waals surface area contributed by atoms with Gasteiger partial charge in [-0.3, -0.25) is 0 Å². The lowest BCUT2D eigenvalue weighted by atomic mass is 9.80. The summed E-state index contributed by atoms with van der Waals surface area (Å²) in [6.45, 7) is 11.4. The summed E-state index contributed by atoms with van der Waals surface area (Å²) >= 11 is 0. The zero-order valence-electron chi connectivity index (χ0n) is 12.2. The zero-order chi connectivity index (χ0) is 13.2. The molecule has 0 spiro atoms. The molecule has 2 heteroatoms. The molecular formula is C16H26N2. The molecule has 1 aromatic heterocycles. The highest BCUT2D eigenvalue weighted by atomic mass is 15.2. The molecule has 1 aliphatic heterocycles. The van der Waals surface area contributed by atoms with Gasteiger partial charge < -0.3 is 4.90 Å². The fraction of sp³-hybridized carbons (Fsp3) is 0.688. The van der Waals surface area contributed by atoms with Crippen molar-refractivity contribution in [1.29, 1.82) is 0 Å². The molecular weight excluding hydrogens is 220 g/mol. The minimum absolute atomic E-state index is 0.467. The molecule has 0 radical (unpaired) electrons. The molecule has 0 bridgehead atoms. The molecule has 1 fully saturated rings. The highest BCUT2D eigenvalue weighted by Crippen LogP contribution is 2.31. The number of piperidine rings is 1. The summed E-state index contributed by atoms with van der Waals surface area (Å²) in [5.41, 5.74) is 1.58. The third-order valence-corrected chi connectivity index (χ3v) is 3.71. The standard InChI is InChI=1S/C16H26N2/c1-13-6-5-7-15(17-13)18-10-8-14(9-11-18)12-16(2,3)4/h5-7,14H,8-12H2,1-4H3. The number of anilines is 1. The highest BCUT2D eigenvalue weighted by Gasteiger charge is 2.24. The Kier molecular flexibility index (Phi) is 3.94. The Morgan fingerprint density at radius 1 is 1.22 bits per heavy atom. The number of aromatic nitrogens is 1. The Balaban J connectivity index is 1.91. The van der Waals surface area contributed by atoms with Crippen molar-refractivity contribution in [3.05, 3.63) is 23.9 Å². The number of pyridine rings is 1. The second-order valence-electron chi connectivity index (χ2n) is 6.83. The van der Waals surface area contributed by atoms with E-state index in [9.17, 15) is 0 Å². The number of hydrogen-bond donors (Lipinski definition) is 0. The maximum absolute atomic E-state index is 4.62. The summed E-state index contributed by atoms with van der Waals surface area (Å²) in [6.07, 6.45) is 3.97. The Labute approximate surface area is 111 Å². The molecule has 0 saturated carbocycles. The monoisotopic (exact) mass is 246 g/mol. The molecule has 2 rings (SSSR count). The van der Waals surface area contributed by atoms with Crippen LogP contribution in [0.5, 0.6) is 0 Å². The van der Waals surface area contributed by atoms with Gasteiger partial charge in [0, 0.05) is 18.8 Å². The predicted molar refractivity (Wildman–Crippen MR) is 78.0 cm³/mol. The Bertz CT molecular complexity index is 384. The van der Waals surface area contributed by atoms with Crippen molar-refractivity contribution in [1.82, 2.24) is 4.98 Å². The van der Waals surface area contributed by atoms with E-state index in [2.05, 4.69) is 55.8 Å². The third kappa shape index (κ3) is 3.72. The first-order chi connectivity index (χ1) is 8.44. The van der Waals surface area contributed by atoms with Crippen LogP contribution in [0.3, 0.4) is 0 Å². The summed E-state index contributed by atoms with van der Waals surface area (Å²) in [7, 11) is 0. The van der Waals surface area contributed by atoms with Crippen LogP contribution in [0.2, 0.25) is 0 Å². The van der Waals surface area contributed by atoms with Crippen LogP contribution < -0.4 is 4.90 Å². The van der Waals surface area contributed by atoms with Gasteiger partial charge in [-0.05, 0) is 49.7 Å². The van der Waals surface area contributed by atoms with Gasteiger partial charge in [0.1, 0.15) is 5.82 Å². The topological polar surface area (TPSA) is 16.1 Å². The van der Waals surface area contributed by atoms with Crippen molar-refractivity contribution >= 4 is 5.82 Å². The van der Waals surface area contributed by atoms with Gasteiger partial charge in [0.15, 0.2) is 0 Å². The van der Waals surface area contributed by atoms with E-state index in [0.29, 0.717) is 5.41 Å². The Morgan fingerprint density at radius 3 is 2.44 bits per heavy atom. The lowest BCUT2D eigenvalue weighted by molar-refractivity contribution is 0.258. The maximum Gasteiger partial charge on any atom is 0.128 e. The zero-order valence-corrected chi connectivity index (χ0v) is 12.2. The maximum atomic E-state index is 4.62. The number of aryl methyl sites for hydroxylation is 1. The van der Waals surface area contributed by atoms with Crippen molar-refractivity contribution in [3.8, 4) is 0 Å². The van der Waals surface area contributed by atoms with Crippen molar-refractivity contribution in [3.63, 3.8) is 0 Å². The van der Waals surface area contributed by atoms with Crippen LogP contribution in [-0.2, 0) is 0 Å². The van der Waals surface area contributed by atoms with Crippen LogP contribution in [-0.4, -0.2) is 18.1 Å². The largest absolute Gasteiger partial charge is 0.357 e. The summed E-state index contributed by atoms with van der Waals surface area (Å²) in [5, 5.41) is 0. The van der Waals surface area contributed by atoms with Crippen LogP contribution in [0.25, 0.3) is 0 Å². The first-order valence-electron chi connectivity index (χ1n) is 7.13. The fourth-order valence-corrected chi connectivity index (χ4v) is 2.94. The van der Waals surface area contributed by atoms with E-state index in [0.717, 1.165) is 30.5 Å². The van der Waals surface area contributed by atoms with Crippen LogP contribution in [0.15, 0.2) is 18.2 Å². The quantitative estimate of drug-likeness (QED) is 0.783. The van der Waals surface area contributed by atoms with E-state index in [1.54, 1.807) is 0 Å². The lowest BCUT2D eigenvalue weighted by Crippen LogP contribution is -2.35. The Morgan fingerprint density at radius 2 is 1.89 bits per heavy atom. The second-order valence-corrected chi connectivity index (χ2v) is 6.83. The summed E-state index contributed by atoms with van der Waals surface area (Å²) < 4.78 is 0. The molecule has 0 unspecified atom stereocenters. The first-order valence-corrected chi connectivity index (χ1v) is 7.13. The van der Waals surface area contributed by atoms with E-state index in [-0.39, 0.29) is 0 Å². The van der Waals surface area contributed by atoms with Gasteiger partial charge in [-0.2, -0.15) is 0 Å². The minimum Gasteiger partial charge on any atom is -0.357 e. The molecule has 2 nitrogen and oxygen atoms in total. The van der Waals surface area contributed by atoms with E-state index < -0.39 is 0 Å². The molecule has 100 valence electrons. The van der Waals surface area contributed by atoms with E-state index in [4.69, 9.17) is 0 Å². The lowest BCUT2D eigenvalue weighted by Gasteiger charge is -2.35. The first kappa shape index (κ1) is 13.4. The van der Waals surface area contributed by atoms with Gasteiger partial charge >= 0.3 is 0 Å². The highest BCUT2D eigenvalue weighted by molar-refractivity contribution is 5.39. The van der Waals surface area contributed by atoms with E-state index in [1.807, 2.05) is 0 Å². The van der Waals surface area contributed by atoms with Crippen LogP contribution in [0, 0.1) is 18.3 Å². The average Bonchev–Trinajstić information content (AvgIpc) is 2.28. The van der Waals surface area contributed by atoms with Crippen molar-refractivity contribution in [2.75, 3.05) is 18.0 Å². The average molecular weight is 246 g/mol. The summed E-state index contributed by atoms with van der Waals surface area (Å²) in [6, 6.07) is 6.31. The van der Waals surface area contributed by atoms with Crippen molar-refractivity contribution < 1.29 is 0 Å². The molecule has 1 saturated heterocycles. The van der Waals surface area contributed by atoms with Crippen LogP contribution in [0.4, 0.5) is 5.82 Å². The van der Waals surface area contributed by atoms with E-state index >= 15 is 0 Å². The molecule has 1 aliphatic rings. The molecule has 0 N–H and O–H groups in total. The molecule has 0 amide bonds. The van der Waals surface area contributed by atoms with Gasteiger partial charge in [0.2, 0.25) is 0 Å². The molecule has 0 aromatic carbocycles. The SMILES string of the molecule is Cc1cccc(N2CCC(CC(C)(C)C)CC2)n1. The predicted octanol–water partition coefficient (Wildman–Crippen LogP) is 4.04. The number of hydrogen-bond acceptors (Lipinski definition) is 2. The molecule has 1 aromatic rings. The normalized spacial score (nSPS) is 18.1. The van der Waals surface area contributed by atoms with Crippen LogP contribution in [0.1, 0.15) is 45.7 Å². The van der Waals surface area contributed by atoms with Crippen molar-refractivity contribution in [2.45, 2.75) is 47.0 Å². The molecule has 0 atom stereocenters. The van der Waals surface area contributed by atoms with Gasteiger partial charge in [0.05, 0.1) is 0 Å². The van der Waals surface area contributed by atoms with Gasteiger partial charge in [0.25, 0.3) is 0 Å². The number of nitrogens with zero attached hydrogens (tertiary/aromatic N) is 2. The molecule has 18 heavy (non-hydrogen) atoms. The summed E-state index contributed by atoms with van der Waals surface area (Å²) in [4.78, 5) is 7.06. The Hall–Kier alpha value is -1.05. The minimum atomic E-state index is 0.467. The van der Waals surface area contributed by atoms with Gasteiger partial charge in [-0.15, -0.1) is 0 Å². The fourth-order valence-electron chi connectivity index (χ4n) is 2.94. The van der Waals surface area contributed by atoms with Gasteiger partial charge in [-0.25, -0.2) is 4.98 Å². The van der Waals surface area contributed by atoms with Gasteiger partial charge in [-0.1, -0.05) is 26.8 Å². The second kappa shape index (κ2) is 5.29.